The Morgan fingerprint density at radius 3 is 1.30 bits per heavy atom. The van der Waals surface area contributed by atoms with E-state index in [1.165, 1.54) is 8.61 Å². The molecule has 2 N–H and O–H groups in total. The van der Waals surface area contributed by atoms with Crippen molar-refractivity contribution >= 4 is 40.7 Å². The van der Waals surface area contributed by atoms with Gasteiger partial charge in [0, 0.05) is 0 Å². The Morgan fingerprint density at radius 2 is 0.955 bits per heavy atom. The SMILES string of the molecule is Cc1ccc(S(=O)(=O)N2[C@H]3CCC[C@@H]2NS(=O)(=O)OC3)cc1.Cc1ccc(S(=O)(=O)N2[C@H]3CCC[C@@H]2NS(=O)(=O)OC3)cc1. The Kier molecular flexibility index (Phi) is 9.60. The van der Waals surface area contributed by atoms with Crippen LogP contribution in [0, 0.1) is 13.8 Å². The average Bonchev–Trinajstić information content (AvgIpc) is 3.08. The Hall–Kier alpha value is -2.00. The first-order valence-corrected chi connectivity index (χ1v) is 19.8. The predicted molar refractivity (Wildman–Crippen MR) is 159 cm³/mol. The van der Waals surface area contributed by atoms with Gasteiger partial charge >= 0.3 is 20.6 Å². The van der Waals surface area contributed by atoms with Gasteiger partial charge < -0.3 is 0 Å². The van der Waals surface area contributed by atoms with Gasteiger partial charge in [0.2, 0.25) is 20.0 Å². The van der Waals surface area contributed by atoms with Gasteiger partial charge in [-0.15, -0.1) is 0 Å². The molecular weight excluding hydrogens is 657 g/mol. The fourth-order valence-corrected chi connectivity index (χ4v) is 11.4. The summed E-state index contributed by atoms with van der Waals surface area (Å²) in [6.07, 6.45) is 1.95. The summed E-state index contributed by atoms with van der Waals surface area (Å²) in [5.74, 6) is 0. The van der Waals surface area contributed by atoms with Crippen molar-refractivity contribution in [1.29, 1.82) is 0 Å². The van der Waals surface area contributed by atoms with Gasteiger partial charge in [-0.2, -0.15) is 34.9 Å². The second-order valence-corrected chi connectivity index (χ2v) is 17.7. The largest absolute Gasteiger partial charge is 0.337 e. The van der Waals surface area contributed by atoms with E-state index >= 15 is 0 Å². The normalized spacial score (nSPS) is 29.0. The minimum absolute atomic E-state index is 0.156. The quantitative estimate of drug-likeness (QED) is 0.475. The summed E-state index contributed by atoms with van der Waals surface area (Å²) >= 11 is 0. The fraction of sp³-hybridized carbons (Fsp3) is 0.538. The molecule has 2 aromatic carbocycles. The average molecular weight is 693 g/mol. The number of piperidine rings is 2. The van der Waals surface area contributed by atoms with Crippen LogP contribution in [0.2, 0.25) is 0 Å². The van der Waals surface area contributed by atoms with Crippen molar-refractivity contribution in [2.75, 3.05) is 13.2 Å². The number of fused-ring (bicyclic) bond motifs is 4. The highest BCUT2D eigenvalue weighted by Crippen LogP contribution is 2.33. The molecule has 4 aliphatic rings. The molecular formula is C26H36N4O10S4. The standard InChI is InChI=1S/2C13H18N2O5S2/c2*1-10-5-7-12(8-6-10)21(16,17)15-11-3-2-4-13(15)14-22(18,19)20-9-11/h2*5-8,11,13-14H,2-4,9H2,1H3/t2*11-,13+/m00/s1. The van der Waals surface area contributed by atoms with Gasteiger partial charge in [-0.1, -0.05) is 35.4 Å². The number of sulfonamides is 2. The molecule has 4 bridgehead atoms. The van der Waals surface area contributed by atoms with E-state index in [0.29, 0.717) is 25.7 Å². The van der Waals surface area contributed by atoms with E-state index < -0.39 is 65.1 Å². The maximum atomic E-state index is 12.9. The van der Waals surface area contributed by atoms with Crippen LogP contribution in [0.3, 0.4) is 0 Å². The third kappa shape index (κ3) is 7.19. The molecule has 14 nitrogen and oxygen atoms in total. The van der Waals surface area contributed by atoms with Gasteiger partial charge in [-0.3, -0.25) is 8.37 Å². The molecule has 0 spiro atoms. The van der Waals surface area contributed by atoms with E-state index in [9.17, 15) is 33.7 Å². The zero-order valence-corrected chi connectivity index (χ0v) is 27.5. The lowest BCUT2D eigenvalue weighted by molar-refractivity contribution is 0.148. The van der Waals surface area contributed by atoms with Crippen LogP contribution in [0.5, 0.6) is 0 Å². The van der Waals surface area contributed by atoms with E-state index in [1.54, 1.807) is 48.5 Å². The maximum absolute atomic E-state index is 12.9. The highest BCUT2D eigenvalue weighted by atomic mass is 32.2. The minimum atomic E-state index is -3.91. The number of hydrogen-bond donors (Lipinski definition) is 2. The molecule has 18 heteroatoms. The summed E-state index contributed by atoms with van der Waals surface area (Å²) in [4.78, 5) is 0.326. The van der Waals surface area contributed by atoms with Crippen LogP contribution in [0.15, 0.2) is 58.3 Å². The molecule has 0 unspecified atom stereocenters. The van der Waals surface area contributed by atoms with Gasteiger partial charge in [0.25, 0.3) is 0 Å². The summed E-state index contributed by atoms with van der Waals surface area (Å²) in [6.45, 7) is 3.44. The summed E-state index contributed by atoms with van der Waals surface area (Å²) < 4.78 is 115. The molecule has 0 saturated carbocycles. The second-order valence-electron chi connectivity index (χ2n) is 11.2. The van der Waals surface area contributed by atoms with Gasteiger partial charge in [0.15, 0.2) is 0 Å². The maximum Gasteiger partial charge on any atom is 0.337 e. The van der Waals surface area contributed by atoms with Crippen molar-refractivity contribution in [2.45, 2.75) is 86.6 Å². The number of benzene rings is 2. The first-order valence-electron chi connectivity index (χ1n) is 14.1. The van der Waals surface area contributed by atoms with Crippen LogP contribution in [-0.2, 0) is 49.0 Å². The molecule has 6 rings (SSSR count). The molecule has 2 aromatic rings. The van der Waals surface area contributed by atoms with Crippen molar-refractivity contribution in [1.82, 2.24) is 18.1 Å². The first kappa shape index (κ1) is 33.4. The molecule has 0 amide bonds. The van der Waals surface area contributed by atoms with Crippen molar-refractivity contribution in [2.24, 2.45) is 0 Å². The lowest BCUT2D eigenvalue weighted by Crippen LogP contribution is -2.55. The molecule has 44 heavy (non-hydrogen) atoms. The van der Waals surface area contributed by atoms with E-state index in [1.807, 2.05) is 13.8 Å². The number of aryl methyl sites for hydroxylation is 2. The monoisotopic (exact) mass is 692 g/mol. The summed E-state index contributed by atoms with van der Waals surface area (Å²) in [5, 5.41) is 0. The van der Waals surface area contributed by atoms with Crippen LogP contribution in [0.25, 0.3) is 0 Å². The number of nitrogens with zero attached hydrogens (tertiary/aromatic N) is 2. The highest BCUT2D eigenvalue weighted by molar-refractivity contribution is 7.89. The van der Waals surface area contributed by atoms with E-state index in [-0.39, 0.29) is 23.0 Å². The zero-order chi connectivity index (χ0) is 31.9. The molecule has 244 valence electrons. The van der Waals surface area contributed by atoms with E-state index in [2.05, 4.69) is 9.44 Å². The molecule has 4 atom stereocenters. The van der Waals surface area contributed by atoms with Gasteiger partial charge in [-0.25, -0.2) is 16.8 Å². The van der Waals surface area contributed by atoms with Crippen LogP contribution < -0.4 is 9.44 Å². The van der Waals surface area contributed by atoms with Crippen molar-refractivity contribution in [3.8, 4) is 0 Å². The molecule has 4 fully saturated rings. The predicted octanol–water partition coefficient (Wildman–Crippen LogP) is 1.46. The zero-order valence-electron chi connectivity index (χ0n) is 24.2. The molecule has 4 aliphatic heterocycles. The van der Waals surface area contributed by atoms with E-state index in [4.69, 9.17) is 8.37 Å². The van der Waals surface area contributed by atoms with Gasteiger partial charge in [0.05, 0.1) is 47.4 Å². The Morgan fingerprint density at radius 1 is 0.614 bits per heavy atom. The minimum Gasteiger partial charge on any atom is -0.256 e. The van der Waals surface area contributed by atoms with Gasteiger partial charge in [0.1, 0.15) is 0 Å². The Balaban J connectivity index is 0.000000175. The van der Waals surface area contributed by atoms with Crippen molar-refractivity contribution in [3.63, 3.8) is 0 Å². The van der Waals surface area contributed by atoms with Gasteiger partial charge in [-0.05, 0) is 76.6 Å². The summed E-state index contributed by atoms with van der Waals surface area (Å²) in [5.41, 5.74) is 1.91. The summed E-state index contributed by atoms with van der Waals surface area (Å²) in [6, 6.07) is 12.1. The van der Waals surface area contributed by atoms with E-state index in [0.717, 1.165) is 24.0 Å². The smallest absolute Gasteiger partial charge is 0.256 e. The lowest BCUT2D eigenvalue weighted by atomic mass is 10.0. The summed E-state index contributed by atoms with van der Waals surface area (Å²) in [7, 11) is -15.4. The third-order valence-electron chi connectivity index (χ3n) is 7.95. The third-order valence-corrected chi connectivity index (χ3v) is 13.9. The Labute approximate surface area is 259 Å². The first-order chi connectivity index (χ1) is 20.6. The highest BCUT2D eigenvalue weighted by Gasteiger charge is 2.46. The van der Waals surface area contributed by atoms with Crippen molar-refractivity contribution in [3.05, 3.63) is 59.7 Å². The van der Waals surface area contributed by atoms with Crippen LogP contribution in [0.1, 0.15) is 49.7 Å². The molecule has 0 radical (unpaired) electrons. The topological polar surface area (TPSA) is 186 Å². The second kappa shape index (κ2) is 12.7. The van der Waals surface area contributed by atoms with Crippen LogP contribution in [-0.4, -0.2) is 79.9 Å². The number of hydrogen-bond acceptors (Lipinski definition) is 10. The van der Waals surface area contributed by atoms with Crippen LogP contribution in [0.4, 0.5) is 0 Å². The molecule has 4 saturated heterocycles. The number of nitrogens with one attached hydrogen (secondary N) is 2. The Bertz CT molecular complexity index is 1650. The molecule has 0 aromatic heterocycles. The fourth-order valence-electron chi connectivity index (χ4n) is 5.78. The number of rotatable bonds is 4. The van der Waals surface area contributed by atoms with Crippen molar-refractivity contribution < 1.29 is 42.0 Å². The molecule has 0 aliphatic carbocycles. The lowest BCUT2D eigenvalue weighted by Gasteiger charge is -2.37. The van der Waals surface area contributed by atoms with Crippen LogP contribution >= 0.6 is 0 Å². The molecule has 4 heterocycles.